The molecule has 0 aliphatic heterocycles. The van der Waals surface area contributed by atoms with Crippen LogP contribution in [0.3, 0.4) is 0 Å². The number of nitrogens with zero attached hydrogens (tertiary/aromatic N) is 4. The van der Waals surface area contributed by atoms with Crippen molar-refractivity contribution in [3.8, 4) is 5.75 Å². The van der Waals surface area contributed by atoms with Crippen LogP contribution < -0.4 is 10.3 Å². The third kappa shape index (κ3) is 3.43. The van der Waals surface area contributed by atoms with Crippen LogP contribution in [0, 0.1) is 0 Å². The van der Waals surface area contributed by atoms with Gasteiger partial charge in [0, 0.05) is 11.4 Å². The van der Waals surface area contributed by atoms with Crippen LogP contribution in [0.25, 0.3) is 5.78 Å². The molecule has 4 rings (SSSR count). The highest BCUT2D eigenvalue weighted by Crippen LogP contribution is 2.16. The Balaban J connectivity index is 1.60. The van der Waals surface area contributed by atoms with Gasteiger partial charge in [0.05, 0.1) is 0 Å². The molecule has 0 amide bonds. The van der Waals surface area contributed by atoms with E-state index in [1.807, 2.05) is 30.3 Å². The van der Waals surface area contributed by atoms with Gasteiger partial charge in [-0.1, -0.05) is 41.9 Å². The number of hydrogen-bond donors (Lipinski definition) is 1. The Morgan fingerprint density at radius 2 is 1.81 bits per heavy atom. The molecule has 0 radical (unpaired) electrons. The molecule has 0 atom stereocenters. The van der Waals surface area contributed by atoms with E-state index in [0.29, 0.717) is 28.7 Å². The zero-order valence-corrected chi connectivity index (χ0v) is 14.3. The first-order valence-corrected chi connectivity index (χ1v) is 8.32. The summed E-state index contributed by atoms with van der Waals surface area (Å²) in [5.74, 6) is 1.42. The number of nitrogens with one attached hydrogen (secondary N) is 1. The fourth-order valence-corrected chi connectivity index (χ4v) is 2.63. The van der Waals surface area contributed by atoms with Gasteiger partial charge in [-0.2, -0.15) is 9.61 Å². The molecule has 7 nitrogen and oxygen atoms in total. The molecule has 0 saturated carbocycles. The maximum absolute atomic E-state index is 12.2. The molecule has 0 unspecified atom stereocenters. The first-order chi connectivity index (χ1) is 12.7. The summed E-state index contributed by atoms with van der Waals surface area (Å²) in [5.41, 5.74) is 1.10. The fourth-order valence-electron chi connectivity index (χ4n) is 2.51. The van der Waals surface area contributed by atoms with E-state index in [1.165, 1.54) is 4.52 Å². The van der Waals surface area contributed by atoms with Crippen molar-refractivity contribution >= 4 is 17.4 Å². The van der Waals surface area contributed by atoms with E-state index >= 15 is 0 Å². The summed E-state index contributed by atoms with van der Waals surface area (Å²) in [7, 11) is 0. The molecule has 0 saturated heterocycles. The minimum Gasteiger partial charge on any atom is -0.486 e. The van der Waals surface area contributed by atoms with Gasteiger partial charge in [0.15, 0.2) is 5.82 Å². The molecule has 26 heavy (non-hydrogen) atoms. The number of fused-ring (bicyclic) bond motifs is 1. The number of aromatic nitrogens is 5. The van der Waals surface area contributed by atoms with Crippen molar-refractivity contribution in [3.05, 3.63) is 87.1 Å². The van der Waals surface area contributed by atoms with Crippen LogP contribution in [-0.2, 0) is 13.0 Å². The first-order valence-electron chi connectivity index (χ1n) is 7.95. The lowest BCUT2D eigenvalue weighted by Crippen LogP contribution is -2.20. The van der Waals surface area contributed by atoms with Gasteiger partial charge in [-0.15, -0.1) is 10.2 Å². The fraction of sp³-hybridized carbons (Fsp3) is 0.111. The molecule has 2 aromatic heterocycles. The third-order valence-electron chi connectivity index (χ3n) is 3.81. The molecule has 0 aliphatic rings. The maximum atomic E-state index is 12.2. The number of rotatable bonds is 5. The second kappa shape index (κ2) is 6.97. The van der Waals surface area contributed by atoms with Crippen LogP contribution in [0.2, 0.25) is 5.02 Å². The normalized spacial score (nSPS) is 11.0. The second-order valence-electron chi connectivity index (χ2n) is 5.66. The number of ether oxygens (including phenoxy) is 1. The van der Waals surface area contributed by atoms with Gasteiger partial charge in [0.25, 0.3) is 11.3 Å². The summed E-state index contributed by atoms with van der Waals surface area (Å²) in [6.45, 7) is 0.159. The van der Waals surface area contributed by atoms with E-state index in [2.05, 4.69) is 20.3 Å². The van der Waals surface area contributed by atoms with Gasteiger partial charge >= 0.3 is 0 Å². The minimum absolute atomic E-state index is 0.159. The zero-order valence-electron chi connectivity index (χ0n) is 13.6. The van der Waals surface area contributed by atoms with Crippen molar-refractivity contribution in [2.24, 2.45) is 0 Å². The van der Waals surface area contributed by atoms with Crippen LogP contribution in [0.15, 0.2) is 59.4 Å². The zero-order chi connectivity index (χ0) is 17.9. The average molecular weight is 368 g/mol. The van der Waals surface area contributed by atoms with E-state index in [0.717, 1.165) is 5.56 Å². The average Bonchev–Trinajstić information content (AvgIpc) is 3.04. The second-order valence-corrected chi connectivity index (χ2v) is 6.09. The number of halogens is 1. The van der Waals surface area contributed by atoms with Crippen LogP contribution in [0.4, 0.5) is 0 Å². The van der Waals surface area contributed by atoms with Crippen LogP contribution >= 0.6 is 11.6 Å². The lowest BCUT2D eigenvalue weighted by Gasteiger charge is -2.05. The molecular weight excluding hydrogens is 354 g/mol. The summed E-state index contributed by atoms with van der Waals surface area (Å²) < 4.78 is 7.18. The Labute approximate surface area is 153 Å². The summed E-state index contributed by atoms with van der Waals surface area (Å²) >= 11 is 5.86. The SMILES string of the molecule is O=c1[nH]c2nnc(COc3ccc(Cl)cc3)n2nc1Cc1ccccc1. The lowest BCUT2D eigenvalue weighted by molar-refractivity contribution is 0.292. The summed E-state index contributed by atoms with van der Waals surface area (Å²) in [4.78, 5) is 14.9. The van der Waals surface area contributed by atoms with E-state index in [1.54, 1.807) is 24.3 Å². The molecule has 0 aliphatic carbocycles. The van der Waals surface area contributed by atoms with Crippen molar-refractivity contribution in [1.82, 2.24) is 24.8 Å². The quantitative estimate of drug-likeness (QED) is 0.586. The van der Waals surface area contributed by atoms with E-state index in [9.17, 15) is 4.79 Å². The Morgan fingerprint density at radius 3 is 2.58 bits per heavy atom. The van der Waals surface area contributed by atoms with E-state index < -0.39 is 0 Å². The highest BCUT2D eigenvalue weighted by Gasteiger charge is 2.12. The molecule has 4 aromatic rings. The monoisotopic (exact) mass is 367 g/mol. The first kappa shape index (κ1) is 16.3. The molecule has 0 spiro atoms. The standard InChI is InChI=1S/C18H14ClN5O2/c19-13-6-8-14(9-7-13)26-11-16-21-22-18-20-17(25)15(23-24(16)18)10-12-4-2-1-3-5-12/h1-9H,10-11H2,(H,20,22,25). The Kier molecular flexibility index (Phi) is 4.37. The smallest absolute Gasteiger partial charge is 0.274 e. The van der Waals surface area contributed by atoms with Crippen molar-refractivity contribution in [2.45, 2.75) is 13.0 Å². The predicted molar refractivity (Wildman–Crippen MR) is 96.4 cm³/mol. The van der Waals surface area contributed by atoms with Gasteiger partial charge in [0.1, 0.15) is 18.1 Å². The lowest BCUT2D eigenvalue weighted by atomic mass is 10.1. The molecule has 2 aromatic carbocycles. The highest BCUT2D eigenvalue weighted by molar-refractivity contribution is 6.30. The topological polar surface area (TPSA) is 85.2 Å². The molecule has 130 valence electrons. The van der Waals surface area contributed by atoms with Gasteiger partial charge in [-0.05, 0) is 29.8 Å². The van der Waals surface area contributed by atoms with Crippen molar-refractivity contribution < 1.29 is 4.74 Å². The minimum atomic E-state index is -0.279. The predicted octanol–water partition coefficient (Wildman–Crippen LogP) is 2.64. The van der Waals surface area contributed by atoms with Crippen molar-refractivity contribution in [1.29, 1.82) is 0 Å². The number of hydrogen-bond acceptors (Lipinski definition) is 5. The summed E-state index contributed by atoms with van der Waals surface area (Å²) in [5, 5.41) is 13.0. The Bertz CT molecular complexity index is 1090. The number of aromatic amines is 1. The molecule has 2 heterocycles. The highest BCUT2D eigenvalue weighted by atomic mass is 35.5. The van der Waals surface area contributed by atoms with Gasteiger partial charge in [-0.3, -0.25) is 9.78 Å². The Morgan fingerprint density at radius 1 is 1.04 bits per heavy atom. The molecule has 0 fully saturated rings. The van der Waals surface area contributed by atoms with Crippen LogP contribution in [0.5, 0.6) is 5.75 Å². The van der Waals surface area contributed by atoms with Crippen LogP contribution in [0.1, 0.15) is 17.1 Å². The van der Waals surface area contributed by atoms with E-state index in [4.69, 9.17) is 16.3 Å². The molecule has 0 bridgehead atoms. The van der Waals surface area contributed by atoms with Gasteiger partial charge in [0.2, 0.25) is 0 Å². The summed E-state index contributed by atoms with van der Waals surface area (Å²) in [6, 6.07) is 16.7. The van der Waals surface area contributed by atoms with Gasteiger partial charge < -0.3 is 4.74 Å². The molecule has 8 heteroatoms. The third-order valence-corrected chi connectivity index (χ3v) is 4.06. The number of H-pyrrole nitrogens is 1. The number of benzene rings is 2. The van der Waals surface area contributed by atoms with Crippen molar-refractivity contribution in [3.63, 3.8) is 0 Å². The van der Waals surface area contributed by atoms with Crippen molar-refractivity contribution in [2.75, 3.05) is 0 Å². The maximum Gasteiger partial charge on any atom is 0.274 e. The summed E-state index contributed by atoms with van der Waals surface area (Å²) in [6.07, 6.45) is 0.418. The molecule has 1 N–H and O–H groups in total. The van der Waals surface area contributed by atoms with Gasteiger partial charge in [-0.25, -0.2) is 0 Å². The van der Waals surface area contributed by atoms with Crippen LogP contribution in [-0.4, -0.2) is 24.8 Å². The molecular formula is C18H14ClN5O2. The largest absolute Gasteiger partial charge is 0.486 e. The van der Waals surface area contributed by atoms with E-state index in [-0.39, 0.29) is 17.9 Å². The Hall–Kier alpha value is -3.19.